The first kappa shape index (κ1) is 24.0. The molecule has 10 nitrogen and oxygen atoms in total. The molecule has 0 aliphatic carbocycles. The van der Waals surface area contributed by atoms with Crippen molar-refractivity contribution in [2.75, 3.05) is 34.0 Å². The van der Waals surface area contributed by atoms with Crippen LogP contribution in [0.5, 0.6) is 11.5 Å². The van der Waals surface area contributed by atoms with Gasteiger partial charge < -0.3 is 29.3 Å². The predicted molar refractivity (Wildman–Crippen MR) is 110 cm³/mol. The second-order valence-electron chi connectivity index (χ2n) is 6.67. The van der Waals surface area contributed by atoms with Crippen molar-refractivity contribution in [2.24, 2.45) is 0 Å². The number of morpholine rings is 1. The number of rotatable bonds is 5. The molecule has 3 rings (SSSR count). The number of aryl methyl sites for hydroxylation is 2. The minimum Gasteiger partial charge on any atom is -0.493 e. The summed E-state index contributed by atoms with van der Waals surface area (Å²) in [5.41, 5.74) is 2.51. The number of carboxylic acid groups (broad SMARTS) is 1. The van der Waals surface area contributed by atoms with Gasteiger partial charge in [-0.15, -0.1) is 0 Å². The van der Waals surface area contributed by atoms with Crippen LogP contribution in [0.1, 0.15) is 33.4 Å². The van der Waals surface area contributed by atoms with Gasteiger partial charge in [-0.3, -0.25) is 9.59 Å². The molecule has 0 saturated carbocycles. The van der Waals surface area contributed by atoms with E-state index in [9.17, 15) is 9.90 Å². The number of aromatic nitrogens is 2. The largest absolute Gasteiger partial charge is 0.493 e. The maximum atomic E-state index is 13.4. The van der Waals surface area contributed by atoms with E-state index in [1.807, 2.05) is 12.1 Å². The molecular formula is C21H27N3O7. The smallest absolute Gasteiger partial charge is 0.290 e. The number of carbonyl (C=O) groups excluding carboxylic acids is 1. The molecule has 168 valence electrons. The second kappa shape index (κ2) is 11.2. The summed E-state index contributed by atoms with van der Waals surface area (Å²) in [6.45, 7) is 3.84. The molecule has 1 fully saturated rings. The van der Waals surface area contributed by atoms with Crippen molar-refractivity contribution in [2.45, 2.75) is 26.0 Å². The molecule has 2 heterocycles. The van der Waals surface area contributed by atoms with Gasteiger partial charge in [0.1, 0.15) is 12.4 Å². The minimum atomic E-state index is -0.555. The molecule has 1 aromatic carbocycles. The monoisotopic (exact) mass is 433 g/mol. The lowest BCUT2D eigenvalue weighted by Gasteiger charge is -2.41. The van der Waals surface area contributed by atoms with Crippen LogP contribution in [0.4, 0.5) is 0 Å². The Bertz CT molecular complexity index is 886. The van der Waals surface area contributed by atoms with E-state index in [1.165, 1.54) is 6.33 Å². The van der Waals surface area contributed by atoms with Gasteiger partial charge >= 0.3 is 0 Å². The highest BCUT2D eigenvalue weighted by Gasteiger charge is 2.38. The number of aliphatic hydroxyl groups excluding tert-OH is 1. The van der Waals surface area contributed by atoms with E-state index in [-0.39, 0.29) is 19.0 Å². The Kier molecular flexibility index (Phi) is 8.71. The molecule has 1 saturated heterocycles. The van der Waals surface area contributed by atoms with Crippen molar-refractivity contribution in [3.8, 4) is 11.5 Å². The van der Waals surface area contributed by atoms with Gasteiger partial charge in [-0.2, -0.15) is 0 Å². The van der Waals surface area contributed by atoms with E-state index in [0.29, 0.717) is 41.6 Å². The quantitative estimate of drug-likeness (QED) is 0.671. The Hall–Kier alpha value is -3.24. The maximum Gasteiger partial charge on any atom is 0.290 e. The summed E-state index contributed by atoms with van der Waals surface area (Å²) in [5.74, 6) is 0.951. The van der Waals surface area contributed by atoms with E-state index in [0.717, 1.165) is 5.56 Å². The molecule has 1 aliphatic heterocycles. The fourth-order valence-electron chi connectivity index (χ4n) is 3.59. The number of ether oxygens (including phenoxy) is 3. The fourth-order valence-corrected chi connectivity index (χ4v) is 3.59. The topological polar surface area (TPSA) is 131 Å². The van der Waals surface area contributed by atoms with Crippen molar-refractivity contribution < 1.29 is 34.0 Å². The Morgan fingerprint density at radius 1 is 1.23 bits per heavy atom. The van der Waals surface area contributed by atoms with Gasteiger partial charge in [0.25, 0.3) is 12.4 Å². The number of methoxy groups -OCH3 is 2. The van der Waals surface area contributed by atoms with Gasteiger partial charge in [-0.25, -0.2) is 9.97 Å². The first-order chi connectivity index (χ1) is 14.9. The fraction of sp³-hybridized carbons (Fsp3) is 0.429. The third-order valence-electron chi connectivity index (χ3n) is 4.98. The maximum absolute atomic E-state index is 13.4. The SMILES string of the molecule is COc1ccc([C@H]2[C@H](CO)OCCN2C(=O)c2c(C)ncnc2C)cc1OC.O=CO. The van der Waals surface area contributed by atoms with Crippen LogP contribution in [0, 0.1) is 13.8 Å². The molecule has 0 bridgehead atoms. The van der Waals surface area contributed by atoms with Crippen LogP contribution in [0.25, 0.3) is 0 Å². The van der Waals surface area contributed by atoms with E-state index >= 15 is 0 Å². The van der Waals surface area contributed by atoms with Crippen molar-refractivity contribution >= 4 is 12.4 Å². The highest BCUT2D eigenvalue weighted by Crippen LogP contribution is 2.36. The Balaban J connectivity index is 0.00000107. The standard InChI is InChI=1S/C20H25N3O5.CH2O2/c1-12-18(13(2)22-11-21-12)20(25)23-7-8-28-17(10-24)19(23)14-5-6-15(26-3)16(9-14)27-4;2-1-3/h5-6,9,11,17,19,24H,7-8,10H2,1-4H3;1H,(H,2,3)/t17-,19-;/m0./s1. The van der Waals surface area contributed by atoms with Crippen molar-refractivity contribution in [1.29, 1.82) is 0 Å². The lowest BCUT2D eigenvalue weighted by molar-refractivity contribution is -0.122. The van der Waals surface area contributed by atoms with Crippen LogP contribution in [-0.2, 0) is 9.53 Å². The number of hydrogen-bond donors (Lipinski definition) is 2. The lowest BCUT2D eigenvalue weighted by atomic mass is 9.96. The van der Waals surface area contributed by atoms with Gasteiger partial charge in [0, 0.05) is 6.54 Å². The summed E-state index contributed by atoms with van der Waals surface area (Å²) in [5, 5.41) is 16.8. The second-order valence-corrected chi connectivity index (χ2v) is 6.67. The molecule has 1 amide bonds. The lowest BCUT2D eigenvalue weighted by Crippen LogP contribution is -2.49. The third-order valence-corrected chi connectivity index (χ3v) is 4.98. The van der Waals surface area contributed by atoms with Crippen LogP contribution in [0.3, 0.4) is 0 Å². The molecule has 31 heavy (non-hydrogen) atoms. The molecule has 2 N–H and O–H groups in total. The van der Waals surface area contributed by atoms with Crippen LogP contribution in [0.2, 0.25) is 0 Å². The van der Waals surface area contributed by atoms with Crippen molar-refractivity contribution in [1.82, 2.24) is 14.9 Å². The molecule has 10 heteroatoms. The van der Waals surface area contributed by atoms with Gasteiger partial charge in [0.05, 0.1) is 50.4 Å². The van der Waals surface area contributed by atoms with Crippen LogP contribution in [-0.4, -0.2) is 77.5 Å². The highest BCUT2D eigenvalue weighted by molar-refractivity contribution is 5.96. The van der Waals surface area contributed by atoms with Gasteiger partial charge in [-0.1, -0.05) is 6.07 Å². The minimum absolute atomic E-state index is 0.183. The first-order valence-corrected chi connectivity index (χ1v) is 9.54. The predicted octanol–water partition coefficient (Wildman–Crippen LogP) is 1.39. The zero-order valence-corrected chi connectivity index (χ0v) is 17.9. The van der Waals surface area contributed by atoms with Gasteiger partial charge in [0.2, 0.25) is 0 Å². The molecule has 1 aliphatic rings. The summed E-state index contributed by atoms with van der Waals surface area (Å²) < 4.78 is 16.5. The number of carbonyl (C=O) groups is 2. The first-order valence-electron chi connectivity index (χ1n) is 9.54. The summed E-state index contributed by atoms with van der Waals surface area (Å²) in [6.07, 6.45) is 0.893. The van der Waals surface area contributed by atoms with Gasteiger partial charge in [0.15, 0.2) is 11.5 Å². The number of hydrogen-bond acceptors (Lipinski definition) is 8. The summed E-state index contributed by atoms with van der Waals surface area (Å²) >= 11 is 0. The summed E-state index contributed by atoms with van der Waals surface area (Å²) in [4.78, 5) is 31.8. The zero-order chi connectivity index (χ0) is 23.0. The summed E-state index contributed by atoms with van der Waals surface area (Å²) in [7, 11) is 3.12. The summed E-state index contributed by atoms with van der Waals surface area (Å²) in [6, 6.07) is 4.96. The Labute approximate surface area is 180 Å². The molecule has 2 atom stereocenters. The number of benzene rings is 1. The van der Waals surface area contributed by atoms with Crippen LogP contribution in [0.15, 0.2) is 24.5 Å². The molecule has 0 spiro atoms. The molecule has 1 aromatic heterocycles. The molecular weight excluding hydrogens is 406 g/mol. The van der Waals surface area contributed by atoms with E-state index < -0.39 is 12.1 Å². The van der Waals surface area contributed by atoms with Crippen molar-refractivity contribution in [3.63, 3.8) is 0 Å². The molecule has 0 unspecified atom stereocenters. The Morgan fingerprint density at radius 2 is 1.84 bits per heavy atom. The number of amides is 1. The molecule has 2 aromatic rings. The molecule has 0 radical (unpaired) electrons. The number of aliphatic hydroxyl groups is 1. The van der Waals surface area contributed by atoms with Gasteiger partial charge in [-0.05, 0) is 31.5 Å². The Morgan fingerprint density at radius 3 is 2.39 bits per heavy atom. The van der Waals surface area contributed by atoms with E-state index in [1.54, 1.807) is 39.0 Å². The highest BCUT2D eigenvalue weighted by atomic mass is 16.5. The third kappa shape index (κ3) is 5.28. The van der Waals surface area contributed by atoms with Crippen LogP contribution < -0.4 is 9.47 Å². The zero-order valence-electron chi connectivity index (χ0n) is 17.9. The normalized spacial score (nSPS) is 17.9. The average Bonchev–Trinajstić information content (AvgIpc) is 2.78. The van der Waals surface area contributed by atoms with E-state index in [2.05, 4.69) is 9.97 Å². The van der Waals surface area contributed by atoms with Crippen LogP contribution >= 0.6 is 0 Å². The van der Waals surface area contributed by atoms with Crippen molar-refractivity contribution in [3.05, 3.63) is 47.0 Å². The average molecular weight is 433 g/mol. The van der Waals surface area contributed by atoms with E-state index in [4.69, 9.17) is 24.1 Å². The number of nitrogens with zero attached hydrogens (tertiary/aromatic N) is 3.